The molecule has 0 unspecified atom stereocenters. The Kier molecular flexibility index (Phi) is 5.82. The molecule has 0 aromatic heterocycles. The predicted octanol–water partition coefficient (Wildman–Crippen LogP) is 1.64. The molecule has 152 valence electrons. The van der Waals surface area contributed by atoms with Crippen LogP contribution >= 0.6 is 0 Å². The van der Waals surface area contributed by atoms with Gasteiger partial charge < -0.3 is 15.0 Å². The highest BCUT2D eigenvalue weighted by molar-refractivity contribution is 6.08. The summed E-state index contributed by atoms with van der Waals surface area (Å²) in [5.41, 5.74) is -0.0823. The number of hydrogen-bond donors (Lipinski definition) is 1. The third kappa shape index (κ3) is 4.06. The summed E-state index contributed by atoms with van der Waals surface area (Å²) in [7, 11) is 1.58. The molecule has 1 heterocycles. The van der Waals surface area contributed by atoms with Crippen LogP contribution in [0.2, 0.25) is 0 Å². The number of hydrogen-bond acceptors (Lipinski definition) is 6. The van der Waals surface area contributed by atoms with E-state index in [0.29, 0.717) is 24.1 Å². The summed E-state index contributed by atoms with van der Waals surface area (Å²) >= 11 is 0. The van der Waals surface area contributed by atoms with Gasteiger partial charge in [0.25, 0.3) is 11.8 Å². The number of imide groups is 1. The second-order valence-corrected chi connectivity index (χ2v) is 7.23. The number of carbonyl (C=O) groups is 4. The van der Waals surface area contributed by atoms with Gasteiger partial charge >= 0.3 is 12.0 Å². The van der Waals surface area contributed by atoms with Crippen molar-refractivity contribution in [3.8, 4) is 6.07 Å². The van der Waals surface area contributed by atoms with E-state index in [1.54, 1.807) is 25.2 Å². The van der Waals surface area contributed by atoms with Crippen molar-refractivity contribution in [3.05, 3.63) is 29.8 Å². The number of carbonyl (C=O) groups excluding carboxylic acids is 4. The van der Waals surface area contributed by atoms with E-state index in [-0.39, 0.29) is 5.91 Å². The van der Waals surface area contributed by atoms with E-state index in [2.05, 4.69) is 5.32 Å². The number of ether oxygens (including phenoxy) is 1. The van der Waals surface area contributed by atoms with Gasteiger partial charge in [-0.3, -0.25) is 19.3 Å². The maximum Gasteiger partial charge on any atom is 0.327 e. The Hall–Kier alpha value is -3.41. The third-order valence-electron chi connectivity index (χ3n) is 5.41. The van der Waals surface area contributed by atoms with Crippen LogP contribution < -0.4 is 5.32 Å². The van der Waals surface area contributed by atoms with Gasteiger partial charge in [-0.1, -0.05) is 25.3 Å². The first kappa shape index (κ1) is 20.3. The Morgan fingerprint density at radius 3 is 2.66 bits per heavy atom. The molecule has 0 radical (unpaired) electrons. The second kappa shape index (κ2) is 8.31. The van der Waals surface area contributed by atoms with Gasteiger partial charge in [0.15, 0.2) is 6.61 Å². The van der Waals surface area contributed by atoms with Crippen LogP contribution in [-0.2, 0) is 19.1 Å². The summed E-state index contributed by atoms with van der Waals surface area (Å²) in [6.45, 7) is -1.09. The fourth-order valence-electron chi connectivity index (χ4n) is 3.86. The first-order valence-corrected chi connectivity index (χ1v) is 9.43. The van der Waals surface area contributed by atoms with Crippen LogP contribution in [-0.4, -0.2) is 59.4 Å². The smallest absolute Gasteiger partial charge is 0.327 e. The van der Waals surface area contributed by atoms with E-state index in [4.69, 9.17) is 10.00 Å². The average Bonchev–Trinajstić information content (AvgIpc) is 2.89. The molecule has 9 heteroatoms. The minimum atomic E-state index is -0.862. The molecule has 4 amide bonds. The molecular formula is C20H22N4O5. The van der Waals surface area contributed by atoms with Crippen molar-refractivity contribution in [3.63, 3.8) is 0 Å². The van der Waals surface area contributed by atoms with Crippen LogP contribution in [0.4, 0.5) is 10.5 Å². The highest BCUT2D eigenvalue weighted by Gasteiger charge is 2.55. The lowest BCUT2D eigenvalue weighted by atomic mass is 9.81. The van der Waals surface area contributed by atoms with Crippen molar-refractivity contribution in [1.29, 1.82) is 5.26 Å². The molecule has 1 aliphatic heterocycles. The van der Waals surface area contributed by atoms with Crippen LogP contribution in [0.1, 0.15) is 37.7 Å². The zero-order valence-corrected chi connectivity index (χ0v) is 16.1. The van der Waals surface area contributed by atoms with E-state index >= 15 is 0 Å². The highest BCUT2D eigenvalue weighted by Crippen LogP contribution is 2.39. The zero-order chi connectivity index (χ0) is 21.0. The lowest BCUT2D eigenvalue weighted by molar-refractivity contribution is -0.150. The van der Waals surface area contributed by atoms with Crippen LogP contribution in [0, 0.1) is 11.3 Å². The Balaban J connectivity index is 1.54. The van der Waals surface area contributed by atoms with E-state index in [9.17, 15) is 19.2 Å². The predicted molar refractivity (Wildman–Crippen MR) is 101 cm³/mol. The van der Waals surface area contributed by atoms with Gasteiger partial charge in [0, 0.05) is 12.7 Å². The van der Waals surface area contributed by atoms with Crippen LogP contribution in [0.25, 0.3) is 0 Å². The molecule has 1 aliphatic carbocycles. The molecule has 1 saturated heterocycles. The standard InChI is InChI=1S/C20H22N4O5/c1-23-19(28)24(18(27)20(23)8-3-2-4-9-20)12-17(26)29-13-16(25)22-15-7-5-6-14(10-15)11-21/h5-7,10H,2-4,8-9,12-13H2,1H3,(H,22,25). The van der Waals surface area contributed by atoms with Gasteiger partial charge in [0.1, 0.15) is 12.1 Å². The maximum atomic E-state index is 12.8. The lowest BCUT2D eigenvalue weighted by Gasteiger charge is -2.35. The monoisotopic (exact) mass is 398 g/mol. The van der Waals surface area contributed by atoms with Crippen molar-refractivity contribution in [1.82, 2.24) is 9.80 Å². The molecule has 2 fully saturated rings. The first-order valence-electron chi connectivity index (χ1n) is 9.43. The molecule has 0 bridgehead atoms. The van der Waals surface area contributed by atoms with Gasteiger partial charge in [-0.25, -0.2) is 4.79 Å². The van der Waals surface area contributed by atoms with Crippen molar-refractivity contribution in [2.75, 3.05) is 25.5 Å². The molecule has 1 N–H and O–H groups in total. The number of amides is 4. The molecular weight excluding hydrogens is 376 g/mol. The summed E-state index contributed by atoms with van der Waals surface area (Å²) in [4.78, 5) is 51.7. The van der Waals surface area contributed by atoms with E-state index in [0.717, 1.165) is 24.2 Å². The number of anilines is 1. The molecule has 1 aromatic rings. The van der Waals surface area contributed by atoms with Gasteiger partial charge in [-0.2, -0.15) is 5.26 Å². The quantitative estimate of drug-likeness (QED) is 0.595. The molecule has 9 nitrogen and oxygen atoms in total. The normalized spacial score (nSPS) is 17.9. The number of rotatable bonds is 5. The number of nitrogens with zero attached hydrogens (tertiary/aromatic N) is 3. The summed E-state index contributed by atoms with van der Waals surface area (Å²) in [5, 5.41) is 11.4. The average molecular weight is 398 g/mol. The SMILES string of the molecule is CN1C(=O)N(CC(=O)OCC(=O)Nc2cccc(C#N)c2)C(=O)C12CCCCC2. The Bertz CT molecular complexity index is 885. The van der Waals surface area contributed by atoms with Crippen LogP contribution in [0.15, 0.2) is 24.3 Å². The molecule has 3 rings (SSSR count). The van der Waals surface area contributed by atoms with Gasteiger partial charge in [0.05, 0.1) is 11.6 Å². The Labute approximate surface area is 168 Å². The maximum absolute atomic E-state index is 12.8. The van der Waals surface area contributed by atoms with Crippen LogP contribution in [0.5, 0.6) is 0 Å². The fourth-order valence-corrected chi connectivity index (χ4v) is 3.86. The number of urea groups is 1. The minimum absolute atomic E-state index is 0.376. The number of esters is 1. The molecule has 2 aliphatic rings. The van der Waals surface area contributed by atoms with E-state index < -0.39 is 36.6 Å². The van der Waals surface area contributed by atoms with Crippen molar-refractivity contribution in [2.45, 2.75) is 37.6 Å². The third-order valence-corrected chi connectivity index (χ3v) is 5.41. The number of nitriles is 1. The van der Waals surface area contributed by atoms with Gasteiger partial charge in [0.2, 0.25) is 0 Å². The molecule has 0 atom stereocenters. The summed E-state index contributed by atoms with van der Waals surface area (Å²) < 4.78 is 4.92. The number of likely N-dealkylation sites (N-methyl/N-ethyl adjacent to an activating group) is 1. The highest BCUT2D eigenvalue weighted by atomic mass is 16.5. The number of nitrogens with one attached hydrogen (secondary N) is 1. The fraction of sp³-hybridized carbons (Fsp3) is 0.450. The molecule has 29 heavy (non-hydrogen) atoms. The van der Waals surface area contributed by atoms with Gasteiger partial charge in [-0.15, -0.1) is 0 Å². The van der Waals surface area contributed by atoms with Crippen molar-refractivity contribution < 1.29 is 23.9 Å². The van der Waals surface area contributed by atoms with Crippen LogP contribution in [0.3, 0.4) is 0 Å². The second-order valence-electron chi connectivity index (χ2n) is 7.23. The lowest BCUT2D eigenvalue weighted by Crippen LogP contribution is -2.49. The molecule has 1 spiro atoms. The summed E-state index contributed by atoms with van der Waals surface area (Å²) in [6.07, 6.45) is 3.91. The number of benzene rings is 1. The van der Waals surface area contributed by atoms with E-state index in [1.165, 1.54) is 11.0 Å². The topological polar surface area (TPSA) is 120 Å². The Morgan fingerprint density at radius 2 is 1.97 bits per heavy atom. The minimum Gasteiger partial charge on any atom is -0.454 e. The molecule has 1 aromatic carbocycles. The zero-order valence-electron chi connectivity index (χ0n) is 16.1. The Morgan fingerprint density at radius 1 is 1.24 bits per heavy atom. The first-order chi connectivity index (χ1) is 13.9. The molecule has 1 saturated carbocycles. The van der Waals surface area contributed by atoms with Gasteiger partial charge in [-0.05, 0) is 31.0 Å². The van der Waals surface area contributed by atoms with Crippen molar-refractivity contribution >= 4 is 29.5 Å². The summed E-state index contributed by atoms with van der Waals surface area (Å²) in [6, 6.07) is 7.73. The largest absolute Gasteiger partial charge is 0.454 e. The van der Waals surface area contributed by atoms with Crippen molar-refractivity contribution in [2.24, 2.45) is 0 Å². The summed E-state index contributed by atoms with van der Waals surface area (Å²) in [5.74, 6) is -1.80. The van der Waals surface area contributed by atoms with E-state index in [1.807, 2.05) is 6.07 Å².